The molecule has 4 aromatic rings. The molecule has 30 heavy (non-hydrogen) atoms. The van der Waals surface area contributed by atoms with Gasteiger partial charge in [0, 0.05) is 12.7 Å². The van der Waals surface area contributed by atoms with E-state index < -0.39 is 0 Å². The van der Waals surface area contributed by atoms with E-state index in [2.05, 4.69) is 30.9 Å². The third kappa shape index (κ3) is 3.39. The van der Waals surface area contributed by atoms with Crippen molar-refractivity contribution < 1.29 is 4.74 Å². The average molecular weight is 466 g/mol. The van der Waals surface area contributed by atoms with Crippen molar-refractivity contribution in [2.24, 2.45) is 0 Å². The standard InChI is InChI=1S/C21H20BrN7O/c1-13-11-28(12-23-13)17-9-8-16(25-21(17)30-2)19-26-20-14(5-4-10-29(20)27-19)15-6-3-7-18(22)24-15/h3,6-9,11-12,14H,4-5,10H2,1-2H3/t14-/m1/s1. The van der Waals surface area contributed by atoms with E-state index in [1.165, 1.54) is 0 Å². The minimum atomic E-state index is 0.118. The number of methoxy groups -OCH3 is 1. The lowest BCUT2D eigenvalue weighted by Gasteiger charge is -2.21. The van der Waals surface area contributed by atoms with Crippen molar-refractivity contribution in [2.75, 3.05) is 7.11 Å². The molecular formula is C21H20BrN7O. The molecule has 5 heterocycles. The zero-order valence-electron chi connectivity index (χ0n) is 16.7. The molecule has 0 saturated carbocycles. The number of ether oxygens (including phenoxy) is 1. The van der Waals surface area contributed by atoms with E-state index in [1.807, 2.05) is 52.7 Å². The van der Waals surface area contributed by atoms with Crippen molar-refractivity contribution in [3.05, 3.63) is 64.7 Å². The van der Waals surface area contributed by atoms with Crippen LogP contribution in [0.1, 0.15) is 36.0 Å². The summed E-state index contributed by atoms with van der Waals surface area (Å²) in [7, 11) is 1.61. The maximum Gasteiger partial charge on any atom is 0.238 e. The van der Waals surface area contributed by atoms with Gasteiger partial charge in [-0.3, -0.25) is 0 Å². The molecule has 0 aromatic carbocycles. The Labute approximate surface area is 182 Å². The number of hydrogen-bond donors (Lipinski definition) is 0. The molecule has 0 unspecified atom stereocenters. The van der Waals surface area contributed by atoms with Crippen LogP contribution in [-0.2, 0) is 6.54 Å². The van der Waals surface area contributed by atoms with Crippen LogP contribution in [0.25, 0.3) is 17.2 Å². The predicted octanol–water partition coefficient (Wildman–Crippen LogP) is 3.93. The van der Waals surface area contributed by atoms with Crippen LogP contribution in [0.3, 0.4) is 0 Å². The van der Waals surface area contributed by atoms with Crippen LogP contribution in [0, 0.1) is 6.92 Å². The summed E-state index contributed by atoms with van der Waals surface area (Å²) in [4.78, 5) is 18.4. The number of pyridine rings is 2. The summed E-state index contributed by atoms with van der Waals surface area (Å²) in [5, 5.41) is 4.73. The van der Waals surface area contributed by atoms with Crippen LogP contribution in [0.4, 0.5) is 0 Å². The van der Waals surface area contributed by atoms with E-state index in [0.29, 0.717) is 17.4 Å². The lowest BCUT2D eigenvalue weighted by Crippen LogP contribution is -2.18. The summed E-state index contributed by atoms with van der Waals surface area (Å²) in [6, 6.07) is 9.85. The molecular weight excluding hydrogens is 446 g/mol. The smallest absolute Gasteiger partial charge is 0.238 e. The minimum absolute atomic E-state index is 0.118. The number of halogens is 1. The number of hydrogen-bond acceptors (Lipinski definition) is 6. The fraction of sp³-hybridized carbons (Fsp3) is 0.286. The maximum atomic E-state index is 5.54. The third-order valence-corrected chi connectivity index (χ3v) is 5.66. The van der Waals surface area contributed by atoms with E-state index in [9.17, 15) is 0 Å². The van der Waals surface area contributed by atoms with Gasteiger partial charge >= 0.3 is 0 Å². The van der Waals surface area contributed by atoms with Gasteiger partial charge in [-0.15, -0.1) is 5.10 Å². The second kappa shape index (κ2) is 7.64. The Morgan fingerprint density at radius 1 is 1.13 bits per heavy atom. The highest BCUT2D eigenvalue weighted by molar-refractivity contribution is 9.10. The van der Waals surface area contributed by atoms with E-state index in [0.717, 1.165) is 46.9 Å². The highest BCUT2D eigenvalue weighted by Gasteiger charge is 2.27. The van der Waals surface area contributed by atoms with Crippen LogP contribution >= 0.6 is 15.9 Å². The van der Waals surface area contributed by atoms with Gasteiger partial charge in [-0.25, -0.2) is 24.6 Å². The molecule has 1 atom stereocenters. The van der Waals surface area contributed by atoms with Crippen LogP contribution in [0.2, 0.25) is 0 Å². The van der Waals surface area contributed by atoms with E-state index >= 15 is 0 Å². The molecule has 0 N–H and O–H groups in total. The second-order valence-corrected chi connectivity index (χ2v) is 8.06. The van der Waals surface area contributed by atoms with Crippen LogP contribution < -0.4 is 4.74 Å². The fourth-order valence-electron chi connectivity index (χ4n) is 3.81. The van der Waals surface area contributed by atoms with Crippen molar-refractivity contribution in [1.29, 1.82) is 0 Å². The Balaban J connectivity index is 1.53. The molecule has 1 aliphatic heterocycles. The minimum Gasteiger partial charge on any atom is -0.479 e. The van der Waals surface area contributed by atoms with Gasteiger partial charge in [-0.1, -0.05) is 6.07 Å². The quantitative estimate of drug-likeness (QED) is 0.424. The van der Waals surface area contributed by atoms with Crippen molar-refractivity contribution in [2.45, 2.75) is 32.2 Å². The zero-order valence-corrected chi connectivity index (χ0v) is 18.2. The van der Waals surface area contributed by atoms with Gasteiger partial charge in [-0.05, 0) is 60.0 Å². The van der Waals surface area contributed by atoms with E-state index in [4.69, 9.17) is 14.8 Å². The SMILES string of the molecule is COc1nc(-c2nc3n(n2)CCC[C@@H]3c2cccc(Br)n2)ccc1-n1cnc(C)c1. The number of rotatable bonds is 4. The summed E-state index contributed by atoms with van der Waals surface area (Å²) in [6.07, 6.45) is 5.71. The first kappa shape index (κ1) is 18.9. The molecule has 0 radical (unpaired) electrons. The Hall–Kier alpha value is -3.07. The second-order valence-electron chi connectivity index (χ2n) is 7.24. The molecule has 8 nitrogen and oxygen atoms in total. The highest BCUT2D eigenvalue weighted by Crippen LogP contribution is 2.33. The highest BCUT2D eigenvalue weighted by atomic mass is 79.9. The first-order valence-electron chi connectivity index (χ1n) is 9.76. The van der Waals surface area contributed by atoms with Crippen LogP contribution in [0.15, 0.2) is 47.5 Å². The molecule has 1 aliphatic rings. The first-order chi connectivity index (χ1) is 14.6. The van der Waals surface area contributed by atoms with Crippen LogP contribution in [0.5, 0.6) is 5.88 Å². The predicted molar refractivity (Wildman–Crippen MR) is 115 cm³/mol. The summed E-state index contributed by atoms with van der Waals surface area (Å²) < 4.78 is 10.2. The normalized spacial score (nSPS) is 15.8. The number of fused-ring (bicyclic) bond motifs is 1. The van der Waals surface area contributed by atoms with Gasteiger partial charge in [0.05, 0.1) is 30.7 Å². The molecule has 0 aliphatic carbocycles. The largest absolute Gasteiger partial charge is 0.479 e. The molecule has 0 spiro atoms. The van der Waals surface area contributed by atoms with Crippen molar-refractivity contribution in [1.82, 2.24) is 34.3 Å². The Morgan fingerprint density at radius 2 is 2.03 bits per heavy atom. The van der Waals surface area contributed by atoms with Crippen molar-refractivity contribution in [3.8, 4) is 23.1 Å². The average Bonchev–Trinajstić information content (AvgIpc) is 3.39. The molecule has 152 valence electrons. The lowest BCUT2D eigenvalue weighted by atomic mass is 9.95. The van der Waals surface area contributed by atoms with Gasteiger partial charge in [0.15, 0.2) is 5.82 Å². The van der Waals surface area contributed by atoms with Crippen LogP contribution in [-0.4, -0.2) is 41.4 Å². The van der Waals surface area contributed by atoms with Crippen molar-refractivity contribution in [3.63, 3.8) is 0 Å². The number of imidazole rings is 1. The maximum absolute atomic E-state index is 5.54. The molecule has 0 fully saturated rings. The van der Waals surface area contributed by atoms with Gasteiger partial charge in [0.1, 0.15) is 21.8 Å². The molecule has 0 saturated heterocycles. The van der Waals surface area contributed by atoms with Gasteiger partial charge in [-0.2, -0.15) is 0 Å². The number of aryl methyl sites for hydroxylation is 2. The molecule has 4 aromatic heterocycles. The van der Waals surface area contributed by atoms with Crippen molar-refractivity contribution >= 4 is 15.9 Å². The Kier molecular flexibility index (Phi) is 4.82. The topological polar surface area (TPSA) is 83.5 Å². The monoisotopic (exact) mass is 465 g/mol. The molecule has 0 amide bonds. The summed E-state index contributed by atoms with van der Waals surface area (Å²) >= 11 is 3.47. The third-order valence-electron chi connectivity index (χ3n) is 5.22. The molecule has 9 heteroatoms. The number of aromatic nitrogens is 7. The van der Waals surface area contributed by atoms with Gasteiger partial charge in [0.2, 0.25) is 5.88 Å². The zero-order chi connectivity index (χ0) is 20.7. The fourth-order valence-corrected chi connectivity index (χ4v) is 4.17. The summed E-state index contributed by atoms with van der Waals surface area (Å²) in [6.45, 7) is 2.79. The Bertz CT molecular complexity index is 1220. The van der Waals surface area contributed by atoms with Gasteiger partial charge < -0.3 is 9.30 Å². The molecule has 0 bridgehead atoms. The summed E-state index contributed by atoms with van der Waals surface area (Å²) in [5.41, 5.74) is 3.43. The first-order valence-corrected chi connectivity index (χ1v) is 10.6. The summed E-state index contributed by atoms with van der Waals surface area (Å²) in [5.74, 6) is 2.14. The molecule has 5 rings (SSSR count). The van der Waals surface area contributed by atoms with Gasteiger partial charge in [0.25, 0.3) is 0 Å². The van der Waals surface area contributed by atoms with E-state index in [1.54, 1.807) is 13.4 Å². The Morgan fingerprint density at radius 3 is 2.80 bits per heavy atom. The van der Waals surface area contributed by atoms with E-state index in [-0.39, 0.29) is 5.92 Å². The lowest BCUT2D eigenvalue weighted by molar-refractivity contribution is 0.396. The number of nitrogens with zero attached hydrogens (tertiary/aromatic N) is 7.